The summed E-state index contributed by atoms with van der Waals surface area (Å²) in [6.45, 7) is 6.56. The van der Waals surface area contributed by atoms with Crippen LogP contribution in [0.25, 0.3) is 0 Å². The number of ether oxygens (including phenoxy) is 3. The van der Waals surface area contributed by atoms with Crippen molar-refractivity contribution >= 4 is 17.9 Å². The molecule has 52 heavy (non-hydrogen) atoms. The Bertz CT molecular complexity index is 850. The van der Waals surface area contributed by atoms with Gasteiger partial charge in [0.15, 0.2) is 6.10 Å². The molecule has 0 rings (SSSR count). The molecule has 0 aromatic carbocycles. The second-order valence-corrected chi connectivity index (χ2v) is 15.0. The zero-order valence-corrected chi connectivity index (χ0v) is 34.6. The highest BCUT2D eigenvalue weighted by atomic mass is 16.6. The van der Waals surface area contributed by atoms with E-state index in [0.29, 0.717) is 19.3 Å². The molecule has 1 unspecified atom stereocenters. The van der Waals surface area contributed by atoms with Crippen molar-refractivity contribution in [1.82, 2.24) is 0 Å². The number of unbranched alkanes of at least 4 members (excludes halogenated alkanes) is 25. The van der Waals surface area contributed by atoms with Crippen LogP contribution in [0, 0.1) is 0 Å². The number of esters is 3. The summed E-state index contributed by atoms with van der Waals surface area (Å²) in [5.74, 6) is -0.894. The zero-order chi connectivity index (χ0) is 38.0. The topological polar surface area (TPSA) is 78.9 Å². The number of hydrogen-bond acceptors (Lipinski definition) is 6. The Labute approximate surface area is 322 Å². The third-order valence-corrected chi connectivity index (χ3v) is 9.68. The molecule has 304 valence electrons. The summed E-state index contributed by atoms with van der Waals surface area (Å²) in [7, 11) is 0. The van der Waals surface area contributed by atoms with Crippen LogP contribution in [-0.4, -0.2) is 37.2 Å². The molecule has 0 fully saturated rings. The van der Waals surface area contributed by atoms with Gasteiger partial charge < -0.3 is 14.2 Å². The number of allylic oxidation sites excluding steroid dienone is 4. The van der Waals surface area contributed by atoms with E-state index in [4.69, 9.17) is 14.2 Å². The van der Waals surface area contributed by atoms with Crippen molar-refractivity contribution in [2.24, 2.45) is 0 Å². The summed E-state index contributed by atoms with van der Waals surface area (Å²) in [5, 5.41) is 0. The first-order chi connectivity index (χ1) is 25.5. The van der Waals surface area contributed by atoms with Crippen molar-refractivity contribution in [3.05, 3.63) is 24.3 Å². The second-order valence-electron chi connectivity index (χ2n) is 15.0. The summed E-state index contributed by atoms with van der Waals surface area (Å²) in [6, 6.07) is 0. The first-order valence-corrected chi connectivity index (χ1v) is 22.3. The smallest absolute Gasteiger partial charge is 0.306 e. The van der Waals surface area contributed by atoms with E-state index < -0.39 is 6.10 Å². The van der Waals surface area contributed by atoms with Crippen molar-refractivity contribution in [2.45, 2.75) is 239 Å². The molecule has 0 aliphatic rings. The van der Waals surface area contributed by atoms with Crippen LogP contribution in [0.15, 0.2) is 24.3 Å². The fraction of sp³-hybridized carbons (Fsp3) is 0.848. The third kappa shape index (κ3) is 39.1. The Balaban J connectivity index is 4.37. The number of carbonyl (C=O) groups is 3. The lowest BCUT2D eigenvalue weighted by molar-refractivity contribution is -0.167. The Hall–Kier alpha value is -2.11. The summed E-state index contributed by atoms with van der Waals surface area (Å²) < 4.78 is 16.7. The molecule has 0 aliphatic heterocycles. The lowest BCUT2D eigenvalue weighted by Gasteiger charge is -2.18. The normalized spacial score (nSPS) is 12.1. The summed E-state index contributed by atoms with van der Waals surface area (Å²) in [4.78, 5) is 37.6. The molecule has 0 aromatic rings. The van der Waals surface area contributed by atoms with Crippen LogP contribution < -0.4 is 0 Å². The predicted octanol–water partition coefficient (Wildman–Crippen LogP) is 14.0. The SMILES string of the molecule is CCCCC/C=C\CCCCCCCC(=O)OC(COC(=O)CCCCCCC/C=C\CCCCCC)COC(=O)CCCCCCCCCCC. The first-order valence-electron chi connectivity index (χ1n) is 22.3. The molecule has 0 saturated heterocycles. The lowest BCUT2D eigenvalue weighted by Crippen LogP contribution is -2.30. The van der Waals surface area contributed by atoms with E-state index in [1.165, 1.54) is 122 Å². The van der Waals surface area contributed by atoms with Gasteiger partial charge in [-0.25, -0.2) is 0 Å². The molecule has 0 aliphatic carbocycles. The average molecular weight is 733 g/mol. The Kier molecular flexibility index (Phi) is 40.0. The monoisotopic (exact) mass is 733 g/mol. The van der Waals surface area contributed by atoms with Crippen molar-refractivity contribution in [1.29, 1.82) is 0 Å². The predicted molar refractivity (Wildman–Crippen MR) is 219 cm³/mol. The molecular formula is C46H84O6. The summed E-state index contributed by atoms with van der Waals surface area (Å²) in [6.07, 6.45) is 44.4. The van der Waals surface area contributed by atoms with Gasteiger partial charge >= 0.3 is 17.9 Å². The Morgan fingerprint density at radius 3 is 1.02 bits per heavy atom. The highest BCUT2D eigenvalue weighted by Gasteiger charge is 2.19. The minimum absolute atomic E-state index is 0.0750. The van der Waals surface area contributed by atoms with Crippen molar-refractivity contribution in [3.63, 3.8) is 0 Å². The summed E-state index contributed by atoms with van der Waals surface area (Å²) in [5.41, 5.74) is 0. The molecule has 1 atom stereocenters. The molecule has 0 heterocycles. The maximum absolute atomic E-state index is 12.7. The van der Waals surface area contributed by atoms with E-state index >= 15 is 0 Å². The van der Waals surface area contributed by atoms with E-state index in [9.17, 15) is 14.4 Å². The molecule has 6 nitrogen and oxygen atoms in total. The number of carbonyl (C=O) groups excluding carboxylic acids is 3. The van der Waals surface area contributed by atoms with E-state index in [1.807, 2.05) is 0 Å². The fourth-order valence-corrected chi connectivity index (χ4v) is 6.25. The van der Waals surface area contributed by atoms with Crippen molar-refractivity contribution in [3.8, 4) is 0 Å². The van der Waals surface area contributed by atoms with Gasteiger partial charge in [0.05, 0.1) is 0 Å². The van der Waals surface area contributed by atoms with Crippen LogP contribution >= 0.6 is 0 Å². The van der Waals surface area contributed by atoms with Crippen LogP contribution in [0.3, 0.4) is 0 Å². The fourth-order valence-electron chi connectivity index (χ4n) is 6.25. The quantitative estimate of drug-likeness (QED) is 0.0270. The van der Waals surface area contributed by atoms with Gasteiger partial charge in [-0.15, -0.1) is 0 Å². The van der Waals surface area contributed by atoms with Gasteiger partial charge in [0.25, 0.3) is 0 Å². The second kappa shape index (κ2) is 41.6. The zero-order valence-electron chi connectivity index (χ0n) is 34.6. The largest absolute Gasteiger partial charge is 0.462 e. The van der Waals surface area contributed by atoms with E-state index in [1.54, 1.807) is 0 Å². The van der Waals surface area contributed by atoms with Gasteiger partial charge in [-0.1, -0.05) is 167 Å². The molecule has 0 radical (unpaired) electrons. The maximum atomic E-state index is 12.7. The molecule has 0 aromatic heterocycles. The molecule has 0 spiro atoms. The minimum atomic E-state index is -0.771. The highest BCUT2D eigenvalue weighted by Crippen LogP contribution is 2.14. The maximum Gasteiger partial charge on any atom is 0.306 e. The van der Waals surface area contributed by atoms with Gasteiger partial charge in [0.1, 0.15) is 13.2 Å². The van der Waals surface area contributed by atoms with Crippen LogP contribution in [-0.2, 0) is 28.6 Å². The van der Waals surface area contributed by atoms with Gasteiger partial charge in [-0.05, 0) is 70.6 Å². The van der Waals surface area contributed by atoms with Gasteiger partial charge in [0, 0.05) is 19.3 Å². The molecule has 6 heteroatoms. The lowest BCUT2D eigenvalue weighted by atomic mass is 10.1. The Morgan fingerprint density at radius 2 is 0.635 bits per heavy atom. The van der Waals surface area contributed by atoms with Gasteiger partial charge in [0.2, 0.25) is 0 Å². The first kappa shape index (κ1) is 49.9. The van der Waals surface area contributed by atoms with Crippen molar-refractivity contribution < 1.29 is 28.6 Å². The minimum Gasteiger partial charge on any atom is -0.462 e. The molecule has 0 N–H and O–H groups in total. The number of rotatable bonds is 40. The van der Waals surface area contributed by atoms with Crippen molar-refractivity contribution in [2.75, 3.05) is 13.2 Å². The van der Waals surface area contributed by atoms with Crippen LogP contribution in [0.5, 0.6) is 0 Å². The Morgan fingerprint density at radius 1 is 0.365 bits per heavy atom. The van der Waals surface area contributed by atoms with E-state index in [2.05, 4.69) is 45.1 Å². The van der Waals surface area contributed by atoms with Crippen LogP contribution in [0.1, 0.15) is 233 Å². The molecular weight excluding hydrogens is 648 g/mol. The average Bonchev–Trinajstić information content (AvgIpc) is 3.14. The van der Waals surface area contributed by atoms with Crippen LogP contribution in [0.4, 0.5) is 0 Å². The highest BCUT2D eigenvalue weighted by molar-refractivity contribution is 5.71. The molecule has 0 amide bonds. The van der Waals surface area contributed by atoms with E-state index in [0.717, 1.165) is 70.6 Å². The number of hydrogen-bond donors (Lipinski definition) is 0. The van der Waals surface area contributed by atoms with Gasteiger partial charge in [-0.3, -0.25) is 14.4 Å². The third-order valence-electron chi connectivity index (χ3n) is 9.68. The molecule has 0 saturated carbocycles. The standard InChI is InChI=1S/C46H84O6/c1-4-7-10-13-16-19-21-23-25-27-30-33-36-39-45(48)51-42-43(41-50-44(47)38-35-32-29-26-18-15-12-9-6-3)52-46(49)40-37-34-31-28-24-22-20-17-14-11-8-5-2/h17,19-21,43H,4-16,18,22-42H2,1-3H3/b20-17-,21-19-. The summed E-state index contributed by atoms with van der Waals surface area (Å²) >= 11 is 0. The van der Waals surface area contributed by atoms with Crippen LogP contribution in [0.2, 0.25) is 0 Å². The molecule has 0 bridgehead atoms. The van der Waals surface area contributed by atoms with Gasteiger partial charge in [-0.2, -0.15) is 0 Å². The van der Waals surface area contributed by atoms with E-state index in [-0.39, 0.29) is 31.1 Å².